The molecule has 2 rings (SSSR count). The van der Waals surface area contributed by atoms with Crippen molar-refractivity contribution in [2.45, 2.75) is 31.2 Å². The summed E-state index contributed by atoms with van der Waals surface area (Å²) in [5.74, 6) is -0.166. The van der Waals surface area contributed by atoms with E-state index < -0.39 is 5.54 Å². The van der Waals surface area contributed by atoms with Gasteiger partial charge in [0.25, 0.3) is 5.91 Å². The Morgan fingerprint density at radius 2 is 2.18 bits per heavy atom. The summed E-state index contributed by atoms with van der Waals surface area (Å²) in [6, 6.07) is 3.45. The number of rotatable bonds is 3. The van der Waals surface area contributed by atoms with E-state index in [1.807, 2.05) is 0 Å². The third-order valence-electron chi connectivity index (χ3n) is 3.23. The molecule has 0 spiro atoms. The lowest BCUT2D eigenvalue weighted by Gasteiger charge is -2.27. The number of aliphatic hydroxyl groups excluding tert-OH is 1. The predicted molar refractivity (Wildman–Crippen MR) is 67.7 cm³/mol. The van der Waals surface area contributed by atoms with Gasteiger partial charge in [-0.05, 0) is 40.9 Å². The van der Waals surface area contributed by atoms with Crippen molar-refractivity contribution in [2.75, 3.05) is 6.61 Å². The van der Waals surface area contributed by atoms with Gasteiger partial charge in [0.2, 0.25) is 0 Å². The molecule has 1 aromatic rings. The summed E-state index contributed by atoms with van der Waals surface area (Å²) in [4.78, 5) is 16.0. The molecule has 4 nitrogen and oxygen atoms in total. The average Bonchev–Trinajstić information content (AvgIpc) is 2.79. The average molecular weight is 299 g/mol. The summed E-state index contributed by atoms with van der Waals surface area (Å²) in [5, 5.41) is 12.4. The molecule has 17 heavy (non-hydrogen) atoms. The van der Waals surface area contributed by atoms with Crippen LogP contribution in [0.1, 0.15) is 36.0 Å². The van der Waals surface area contributed by atoms with Crippen molar-refractivity contribution >= 4 is 21.8 Å². The maximum atomic E-state index is 12.0. The van der Waals surface area contributed by atoms with Gasteiger partial charge in [-0.15, -0.1) is 0 Å². The zero-order valence-electron chi connectivity index (χ0n) is 9.45. The van der Waals surface area contributed by atoms with E-state index in [0.717, 1.165) is 25.7 Å². The fraction of sp³-hybridized carbons (Fsp3) is 0.500. The van der Waals surface area contributed by atoms with Gasteiger partial charge in [-0.1, -0.05) is 12.8 Å². The Morgan fingerprint density at radius 1 is 1.47 bits per heavy atom. The maximum Gasteiger partial charge on any atom is 0.253 e. The molecule has 1 aliphatic rings. The van der Waals surface area contributed by atoms with Gasteiger partial charge in [-0.25, -0.2) is 4.98 Å². The van der Waals surface area contributed by atoms with E-state index in [4.69, 9.17) is 0 Å². The summed E-state index contributed by atoms with van der Waals surface area (Å²) in [7, 11) is 0. The first-order chi connectivity index (χ1) is 8.15. The highest BCUT2D eigenvalue weighted by molar-refractivity contribution is 9.10. The van der Waals surface area contributed by atoms with Crippen molar-refractivity contribution in [2.24, 2.45) is 0 Å². The SMILES string of the molecule is O=C(NC1(CO)CCCC1)c1ccc(Br)nc1. The van der Waals surface area contributed by atoms with E-state index in [9.17, 15) is 9.90 Å². The topological polar surface area (TPSA) is 62.2 Å². The Hall–Kier alpha value is -0.940. The van der Waals surface area contributed by atoms with Gasteiger partial charge < -0.3 is 10.4 Å². The highest BCUT2D eigenvalue weighted by atomic mass is 79.9. The summed E-state index contributed by atoms with van der Waals surface area (Å²) in [6.07, 6.45) is 5.33. The van der Waals surface area contributed by atoms with Gasteiger partial charge in [0.1, 0.15) is 4.60 Å². The van der Waals surface area contributed by atoms with E-state index >= 15 is 0 Å². The first-order valence-electron chi connectivity index (χ1n) is 5.70. The summed E-state index contributed by atoms with van der Waals surface area (Å²) in [6.45, 7) is 0.00268. The van der Waals surface area contributed by atoms with Crippen LogP contribution in [0.25, 0.3) is 0 Å². The van der Waals surface area contributed by atoms with Gasteiger partial charge in [-0.3, -0.25) is 4.79 Å². The second-order valence-corrected chi connectivity index (χ2v) is 5.28. The number of hydrogen-bond donors (Lipinski definition) is 2. The van der Waals surface area contributed by atoms with Gasteiger partial charge in [0.15, 0.2) is 0 Å². The number of pyridine rings is 1. The monoisotopic (exact) mass is 298 g/mol. The molecule has 92 valence electrons. The molecule has 1 heterocycles. The number of aromatic nitrogens is 1. The Labute approximate surface area is 109 Å². The Kier molecular flexibility index (Phi) is 3.79. The molecular formula is C12H15BrN2O2. The second-order valence-electron chi connectivity index (χ2n) is 4.47. The molecular weight excluding hydrogens is 284 g/mol. The highest BCUT2D eigenvalue weighted by Crippen LogP contribution is 2.29. The molecule has 0 aliphatic heterocycles. The lowest BCUT2D eigenvalue weighted by atomic mass is 9.98. The third-order valence-corrected chi connectivity index (χ3v) is 3.70. The minimum atomic E-state index is -0.426. The molecule has 0 unspecified atom stereocenters. The van der Waals surface area contributed by atoms with E-state index in [2.05, 4.69) is 26.2 Å². The molecule has 1 fully saturated rings. The van der Waals surface area contributed by atoms with Crippen molar-refractivity contribution in [1.29, 1.82) is 0 Å². The largest absolute Gasteiger partial charge is 0.394 e. The highest BCUT2D eigenvalue weighted by Gasteiger charge is 2.34. The predicted octanol–water partition coefficient (Wildman–Crippen LogP) is 1.88. The van der Waals surface area contributed by atoms with Crippen molar-refractivity contribution in [1.82, 2.24) is 10.3 Å². The number of amides is 1. The minimum Gasteiger partial charge on any atom is -0.394 e. The molecule has 0 saturated heterocycles. The van der Waals surface area contributed by atoms with E-state index in [-0.39, 0.29) is 12.5 Å². The van der Waals surface area contributed by atoms with Crippen LogP contribution in [0.3, 0.4) is 0 Å². The number of nitrogens with one attached hydrogen (secondary N) is 1. The lowest BCUT2D eigenvalue weighted by molar-refractivity contribution is 0.0838. The molecule has 2 N–H and O–H groups in total. The molecule has 1 amide bonds. The normalized spacial score (nSPS) is 18.0. The molecule has 1 aliphatic carbocycles. The van der Waals surface area contributed by atoms with Crippen LogP contribution >= 0.6 is 15.9 Å². The molecule has 1 saturated carbocycles. The molecule has 0 atom stereocenters. The molecule has 0 aromatic carbocycles. The number of halogens is 1. The number of aliphatic hydroxyl groups is 1. The number of nitrogens with zero attached hydrogens (tertiary/aromatic N) is 1. The van der Waals surface area contributed by atoms with Crippen LogP contribution in [0.15, 0.2) is 22.9 Å². The van der Waals surface area contributed by atoms with E-state index in [1.54, 1.807) is 12.1 Å². The second kappa shape index (κ2) is 5.14. The zero-order chi connectivity index (χ0) is 12.3. The third kappa shape index (κ3) is 2.84. The van der Waals surface area contributed by atoms with Crippen LogP contribution in [0.5, 0.6) is 0 Å². The first kappa shape index (κ1) is 12.5. The standard InChI is InChI=1S/C12H15BrN2O2/c13-10-4-3-9(7-14-10)11(17)15-12(8-16)5-1-2-6-12/h3-4,7,16H,1-2,5-6,8H2,(H,15,17). The van der Waals surface area contributed by atoms with Crippen LogP contribution in [0, 0.1) is 0 Å². The molecule has 5 heteroatoms. The quantitative estimate of drug-likeness (QED) is 0.838. The van der Waals surface area contributed by atoms with Crippen LogP contribution in [-0.2, 0) is 0 Å². The van der Waals surface area contributed by atoms with Crippen molar-refractivity contribution < 1.29 is 9.90 Å². The van der Waals surface area contributed by atoms with Crippen LogP contribution in [-0.4, -0.2) is 28.1 Å². The van der Waals surface area contributed by atoms with Gasteiger partial charge >= 0.3 is 0 Å². The summed E-state index contributed by atoms with van der Waals surface area (Å²) >= 11 is 3.22. The van der Waals surface area contributed by atoms with Crippen molar-refractivity contribution in [3.05, 3.63) is 28.5 Å². The van der Waals surface area contributed by atoms with Crippen LogP contribution in [0.4, 0.5) is 0 Å². The Bertz CT molecular complexity index is 399. The van der Waals surface area contributed by atoms with Crippen LogP contribution < -0.4 is 5.32 Å². The van der Waals surface area contributed by atoms with Crippen molar-refractivity contribution in [3.8, 4) is 0 Å². The fourth-order valence-corrected chi connectivity index (χ4v) is 2.43. The van der Waals surface area contributed by atoms with Crippen LogP contribution in [0.2, 0.25) is 0 Å². The maximum absolute atomic E-state index is 12.0. The zero-order valence-corrected chi connectivity index (χ0v) is 11.0. The summed E-state index contributed by atoms with van der Waals surface area (Å²) < 4.78 is 0.701. The van der Waals surface area contributed by atoms with E-state index in [1.165, 1.54) is 6.20 Å². The fourth-order valence-electron chi connectivity index (χ4n) is 2.20. The van der Waals surface area contributed by atoms with E-state index in [0.29, 0.717) is 10.2 Å². The smallest absolute Gasteiger partial charge is 0.253 e. The Balaban J connectivity index is 2.08. The lowest BCUT2D eigenvalue weighted by Crippen LogP contribution is -2.49. The first-order valence-corrected chi connectivity index (χ1v) is 6.49. The molecule has 0 radical (unpaired) electrons. The summed E-state index contributed by atoms with van der Waals surface area (Å²) in [5.41, 5.74) is 0.0948. The number of carbonyl (C=O) groups excluding carboxylic acids is 1. The minimum absolute atomic E-state index is 0.00268. The molecule has 0 bridgehead atoms. The number of hydrogen-bond acceptors (Lipinski definition) is 3. The van der Waals surface area contributed by atoms with Gasteiger partial charge in [-0.2, -0.15) is 0 Å². The Morgan fingerprint density at radius 3 is 2.71 bits per heavy atom. The van der Waals surface area contributed by atoms with Gasteiger partial charge in [0.05, 0.1) is 17.7 Å². The number of carbonyl (C=O) groups is 1. The molecule has 1 aromatic heterocycles. The van der Waals surface area contributed by atoms with Gasteiger partial charge in [0, 0.05) is 6.20 Å². The van der Waals surface area contributed by atoms with Crippen molar-refractivity contribution in [3.63, 3.8) is 0 Å².